The minimum Gasteiger partial charge on any atom is -0.494 e. The topological polar surface area (TPSA) is 38.3 Å². The van der Waals surface area contributed by atoms with Crippen LogP contribution < -0.4 is 10.1 Å². The van der Waals surface area contributed by atoms with Crippen molar-refractivity contribution in [2.24, 2.45) is 5.92 Å². The molecule has 1 aromatic carbocycles. The highest BCUT2D eigenvalue weighted by Crippen LogP contribution is 2.26. The molecule has 3 heteroatoms. The van der Waals surface area contributed by atoms with Gasteiger partial charge in [0.05, 0.1) is 6.61 Å². The molecule has 1 amide bonds. The number of ether oxygens (including phenoxy) is 1. The summed E-state index contributed by atoms with van der Waals surface area (Å²) in [5, 5.41) is 2.97. The maximum absolute atomic E-state index is 11.6. The SMILES string of the molecule is CCOc1ccc(CNC(=O)C2CCC2)cc1. The van der Waals surface area contributed by atoms with E-state index in [0.717, 1.165) is 24.2 Å². The van der Waals surface area contributed by atoms with Gasteiger partial charge in [0, 0.05) is 12.5 Å². The van der Waals surface area contributed by atoms with Crippen LogP contribution in [0.5, 0.6) is 5.75 Å². The van der Waals surface area contributed by atoms with Crippen molar-refractivity contribution in [3.63, 3.8) is 0 Å². The first-order valence-corrected chi connectivity index (χ1v) is 6.29. The van der Waals surface area contributed by atoms with Crippen molar-refractivity contribution in [3.05, 3.63) is 29.8 Å². The molecule has 1 aliphatic rings. The lowest BCUT2D eigenvalue weighted by molar-refractivity contribution is -0.127. The van der Waals surface area contributed by atoms with Gasteiger partial charge in [-0.25, -0.2) is 0 Å². The van der Waals surface area contributed by atoms with Crippen molar-refractivity contribution in [1.82, 2.24) is 5.32 Å². The molecule has 0 radical (unpaired) electrons. The molecular formula is C14H19NO2. The molecule has 92 valence electrons. The molecule has 0 bridgehead atoms. The van der Waals surface area contributed by atoms with Crippen molar-refractivity contribution >= 4 is 5.91 Å². The number of rotatable bonds is 5. The molecule has 17 heavy (non-hydrogen) atoms. The summed E-state index contributed by atoms with van der Waals surface area (Å²) in [4.78, 5) is 11.6. The van der Waals surface area contributed by atoms with Crippen LogP contribution in [-0.2, 0) is 11.3 Å². The molecule has 0 saturated heterocycles. The number of benzene rings is 1. The predicted molar refractivity (Wildman–Crippen MR) is 66.8 cm³/mol. The average Bonchev–Trinajstić information content (AvgIpc) is 2.26. The lowest BCUT2D eigenvalue weighted by Crippen LogP contribution is -2.33. The number of amides is 1. The second-order valence-corrected chi connectivity index (χ2v) is 4.42. The first-order chi connectivity index (χ1) is 8.29. The third-order valence-electron chi connectivity index (χ3n) is 3.18. The van der Waals surface area contributed by atoms with Crippen molar-refractivity contribution < 1.29 is 9.53 Å². The Hall–Kier alpha value is -1.51. The van der Waals surface area contributed by atoms with E-state index in [4.69, 9.17) is 4.74 Å². The summed E-state index contributed by atoms with van der Waals surface area (Å²) < 4.78 is 5.36. The van der Waals surface area contributed by atoms with E-state index >= 15 is 0 Å². The molecule has 3 nitrogen and oxygen atoms in total. The van der Waals surface area contributed by atoms with Crippen LogP contribution in [-0.4, -0.2) is 12.5 Å². The number of hydrogen-bond donors (Lipinski definition) is 1. The quantitative estimate of drug-likeness (QED) is 0.848. The van der Waals surface area contributed by atoms with Crippen LogP contribution in [0.1, 0.15) is 31.7 Å². The summed E-state index contributed by atoms with van der Waals surface area (Å²) in [6.07, 6.45) is 3.30. The first kappa shape index (κ1) is 12.0. The maximum atomic E-state index is 11.6. The lowest BCUT2D eigenvalue weighted by atomic mass is 9.85. The Morgan fingerprint density at radius 1 is 1.35 bits per heavy atom. The summed E-state index contributed by atoms with van der Waals surface area (Å²) >= 11 is 0. The summed E-state index contributed by atoms with van der Waals surface area (Å²) in [5.41, 5.74) is 1.11. The van der Waals surface area contributed by atoms with Gasteiger partial charge in [-0.05, 0) is 37.5 Å². The van der Waals surface area contributed by atoms with Crippen LogP contribution in [0.4, 0.5) is 0 Å². The molecule has 0 aromatic heterocycles. The summed E-state index contributed by atoms with van der Waals surface area (Å²) in [7, 11) is 0. The van der Waals surface area contributed by atoms with Gasteiger partial charge in [0.25, 0.3) is 0 Å². The molecule has 1 fully saturated rings. The zero-order chi connectivity index (χ0) is 12.1. The van der Waals surface area contributed by atoms with Gasteiger partial charge < -0.3 is 10.1 Å². The van der Waals surface area contributed by atoms with E-state index in [9.17, 15) is 4.79 Å². The van der Waals surface area contributed by atoms with Crippen molar-refractivity contribution in [3.8, 4) is 5.75 Å². The molecule has 0 heterocycles. The van der Waals surface area contributed by atoms with Gasteiger partial charge in [0.2, 0.25) is 5.91 Å². The van der Waals surface area contributed by atoms with E-state index < -0.39 is 0 Å². The van der Waals surface area contributed by atoms with Crippen LogP contribution >= 0.6 is 0 Å². The third kappa shape index (κ3) is 3.22. The number of nitrogens with one attached hydrogen (secondary N) is 1. The Bertz CT molecular complexity index is 368. The van der Waals surface area contributed by atoms with Gasteiger partial charge in [0.15, 0.2) is 0 Å². The number of carbonyl (C=O) groups excluding carboxylic acids is 1. The Morgan fingerprint density at radius 3 is 2.59 bits per heavy atom. The fourth-order valence-electron chi connectivity index (χ4n) is 1.87. The average molecular weight is 233 g/mol. The van der Waals surface area contributed by atoms with Crippen LogP contribution in [0.2, 0.25) is 0 Å². The van der Waals surface area contributed by atoms with Gasteiger partial charge in [0.1, 0.15) is 5.75 Å². The number of hydrogen-bond acceptors (Lipinski definition) is 2. The van der Waals surface area contributed by atoms with Gasteiger partial charge in [-0.2, -0.15) is 0 Å². The molecule has 0 atom stereocenters. The van der Waals surface area contributed by atoms with Crippen LogP contribution in [0.15, 0.2) is 24.3 Å². The molecule has 2 rings (SSSR count). The third-order valence-corrected chi connectivity index (χ3v) is 3.18. The van der Waals surface area contributed by atoms with Crippen LogP contribution in [0.25, 0.3) is 0 Å². The largest absolute Gasteiger partial charge is 0.494 e. The Labute approximate surface area is 102 Å². The van der Waals surface area contributed by atoms with E-state index in [1.165, 1.54) is 6.42 Å². The van der Waals surface area contributed by atoms with E-state index in [-0.39, 0.29) is 11.8 Å². The molecule has 1 aliphatic carbocycles. The number of carbonyl (C=O) groups is 1. The highest BCUT2D eigenvalue weighted by molar-refractivity contribution is 5.79. The minimum absolute atomic E-state index is 0.199. The smallest absolute Gasteiger partial charge is 0.223 e. The van der Waals surface area contributed by atoms with Gasteiger partial charge >= 0.3 is 0 Å². The lowest BCUT2D eigenvalue weighted by Gasteiger charge is -2.24. The zero-order valence-corrected chi connectivity index (χ0v) is 10.2. The molecule has 0 aliphatic heterocycles. The predicted octanol–water partition coefficient (Wildman–Crippen LogP) is 2.50. The van der Waals surface area contributed by atoms with E-state index in [1.54, 1.807) is 0 Å². The van der Waals surface area contributed by atoms with Gasteiger partial charge in [-0.3, -0.25) is 4.79 Å². The fraction of sp³-hybridized carbons (Fsp3) is 0.500. The highest BCUT2D eigenvalue weighted by Gasteiger charge is 2.24. The van der Waals surface area contributed by atoms with Gasteiger partial charge in [-0.15, -0.1) is 0 Å². The van der Waals surface area contributed by atoms with E-state index in [0.29, 0.717) is 13.2 Å². The van der Waals surface area contributed by atoms with Crippen molar-refractivity contribution in [2.75, 3.05) is 6.61 Å². The van der Waals surface area contributed by atoms with E-state index in [2.05, 4.69) is 5.32 Å². The molecule has 0 spiro atoms. The zero-order valence-electron chi connectivity index (χ0n) is 10.2. The Morgan fingerprint density at radius 2 is 2.06 bits per heavy atom. The monoisotopic (exact) mass is 233 g/mol. The molecule has 1 aromatic rings. The van der Waals surface area contributed by atoms with Crippen LogP contribution in [0, 0.1) is 5.92 Å². The molecular weight excluding hydrogens is 214 g/mol. The highest BCUT2D eigenvalue weighted by atomic mass is 16.5. The normalized spacial score (nSPS) is 15.1. The summed E-state index contributed by atoms with van der Waals surface area (Å²) in [5.74, 6) is 1.34. The minimum atomic E-state index is 0.199. The van der Waals surface area contributed by atoms with Crippen LogP contribution in [0.3, 0.4) is 0 Å². The molecule has 1 saturated carbocycles. The van der Waals surface area contributed by atoms with Gasteiger partial charge in [-0.1, -0.05) is 18.6 Å². The van der Waals surface area contributed by atoms with Crippen molar-refractivity contribution in [2.45, 2.75) is 32.7 Å². The van der Waals surface area contributed by atoms with E-state index in [1.807, 2.05) is 31.2 Å². The Kier molecular flexibility index (Phi) is 4.02. The molecule has 0 unspecified atom stereocenters. The first-order valence-electron chi connectivity index (χ1n) is 6.29. The van der Waals surface area contributed by atoms with Crippen molar-refractivity contribution in [1.29, 1.82) is 0 Å². The standard InChI is InChI=1S/C14H19NO2/c1-2-17-13-8-6-11(7-9-13)10-15-14(16)12-4-3-5-12/h6-9,12H,2-5,10H2,1H3,(H,15,16). The summed E-state index contributed by atoms with van der Waals surface area (Å²) in [6, 6.07) is 7.86. The Balaban J connectivity index is 1.80. The second-order valence-electron chi connectivity index (χ2n) is 4.42. The fourth-order valence-corrected chi connectivity index (χ4v) is 1.87. The second kappa shape index (κ2) is 5.71. The summed E-state index contributed by atoms with van der Waals surface area (Å²) in [6.45, 7) is 3.26. The molecule has 1 N–H and O–H groups in total. The maximum Gasteiger partial charge on any atom is 0.223 e.